The highest BCUT2D eigenvalue weighted by molar-refractivity contribution is 6.16. The first-order valence-electron chi connectivity index (χ1n) is 6.52. The van der Waals surface area contributed by atoms with E-state index in [1.807, 2.05) is 0 Å². The number of benzene rings is 2. The molecular formula is C17H14O4. The smallest absolute Gasteiger partial charge is 0.196 e. The molecule has 0 aliphatic heterocycles. The van der Waals surface area contributed by atoms with E-state index in [0.717, 1.165) is 10.9 Å². The van der Waals surface area contributed by atoms with Crippen molar-refractivity contribution in [2.24, 2.45) is 0 Å². The average molecular weight is 282 g/mol. The van der Waals surface area contributed by atoms with Crippen LogP contribution < -0.4 is 4.74 Å². The number of hydrogen-bond acceptors (Lipinski definition) is 4. The van der Waals surface area contributed by atoms with E-state index in [-0.39, 0.29) is 12.4 Å². The molecule has 21 heavy (non-hydrogen) atoms. The third-order valence-electron chi connectivity index (χ3n) is 3.42. The Morgan fingerprint density at radius 2 is 1.95 bits per heavy atom. The van der Waals surface area contributed by atoms with Gasteiger partial charge in [0.25, 0.3) is 0 Å². The van der Waals surface area contributed by atoms with Gasteiger partial charge in [-0.2, -0.15) is 0 Å². The van der Waals surface area contributed by atoms with Gasteiger partial charge in [-0.1, -0.05) is 24.3 Å². The van der Waals surface area contributed by atoms with Crippen molar-refractivity contribution in [1.29, 1.82) is 0 Å². The zero-order valence-electron chi connectivity index (χ0n) is 11.5. The van der Waals surface area contributed by atoms with E-state index in [2.05, 4.69) is 0 Å². The van der Waals surface area contributed by atoms with Crippen molar-refractivity contribution in [3.8, 4) is 5.75 Å². The minimum absolute atomic E-state index is 0.0414. The van der Waals surface area contributed by atoms with Gasteiger partial charge in [0, 0.05) is 10.9 Å². The van der Waals surface area contributed by atoms with Crippen LogP contribution in [0.25, 0.3) is 11.0 Å². The third kappa shape index (κ3) is 2.41. The maximum absolute atomic E-state index is 12.6. The van der Waals surface area contributed by atoms with E-state index in [0.29, 0.717) is 22.5 Å². The summed E-state index contributed by atoms with van der Waals surface area (Å²) < 4.78 is 10.6. The van der Waals surface area contributed by atoms with Gasteiger partial charge in [-0.3, -0.25) is 4.79 Å². The van der Waals surface area contributed by atoms with E-state index in [1.165, 1.54) is 6.26 Å². The van der Waals surface area contributed by atoms with Gasteiger partial charge in [-0.25, -0.2) is 0 Å². The van der Waals surface area contributed by atoms with Gasteiger partial charge in [0.15, 0.2) is 5.78 Å². The molecule has 0 amide bonds. The van der Waals surface area contributed by atoms with Gasteiger partial charge in [-0.15, -0.1) is 0 Å². The molecule has 1 N–H and O–H groups in total. The number of carbonyl (C=O) groups is 1. The monoisotopic (exact) mass is 282 g/mol. The quantitative estimate of drug-likeness (QED) is 0.747. The predicted molar refractivity (Wildman–Crippen MR) is 78.6 cm³/mol. The first kappa shape index (κ1) is 13.4. The van der Waals surface area contributed by atoms with Crippen LogP contribution in [-0.2, 0) is 6.61 Å². The molecule has 0 bridgehead atoms. The summed E-state index contributed by atoms with van der Waals surface area (Å²) in [5.41, 5.74) is 2.47. The summed E-state index contributed by atoms with van der Waals surface area (Å²) in [6.07, 6.45) is 1.46. The Hall–Kier alpha value is -2.59. The fraction of sp³-hybridized carbons (Fsp3) is 0.118. The lowest BCUT2D eigenvalue weighted by atomic mass is 10.0. The molecule has 4 nitrogen and oxygen atoms in total. The molecule has 4 heteroatoms. The third-order valence-corrected chi connectivity index (χ3v) is 3.42. The van der Waals surface area contributed by atoms with Crippen LogP contribution in [0.2, 0.25) is 0 Å². The second-order valence-corrected chi connectivity index (χ2v) is 4.70. The minimum Gasteiger partial charge on any atom is -0.497 e. The number of rotatable bonds is 4. The standard InChI is InChI=1S/C17H14O4/c1-20-13-6-7-16-14(8-13)15(10-21-16)17(19)12-4-2-11(9-18)3-5-12/h2-8,10,18H,9H2,1H3. The zero-order valence-corrected chi connectivity index (χ0v) is 11.5. The molecule has 0 atom stereocenters. The maximum atomic E-state index is 12.6. The summed E-state index contributed by atoms with van der Waals surface area (Å²) in [5, 5.41) is 9.76. The number of methoxy groups -OCH3 is 1. The summed E-state index contributed by atoms with van der Waals surface area (Å²) in [6.45, 7) is -0.0414. The Morgan fingerprint density at radius 3 is 2.62 bits per heavy atom. The predicted octanol–water partition coefficient (Wildman–Crippen LogP) is 3.16. The van der Waals surface area contributed by atoms with Crippen LogP contribution in [0.3, 0.4) is 0 Å². The fourth-order valence-electron chi connectivity index (χ4n) is 2.23. The van der Waals surface area contributed by atoms with Crippen LogP contribution in [-0.4, -0.2) is 18.0 Å². The highest BCUT2D eigenvalue weighted by Crippen LogP contribution is 2.27. The largest absolute Gasteiger partial charge is 0.497 e. The van der Waals surface area contributed by atoms with Crippen LogP contribution in [0.4, 0.5) is 0 Å². The molecule has 2 aromatic carbocycles. The van der Waals surface area contributed by atoms with E-state index in [1.54, 1.807) is 49.6 Å². The summed E-state index contributed by atoms with van der Waals surface area (Å²) in [5.74, 6) is 0.556. The molecule has 0 radical (unpaired) electrons. The molecule has 1 heterocycles. The Bertz CT molecular complexity index is 784. The molecule has 106 valence electrons. The lowest BCUT2D eigenvalue weighted by molar-refractivity contribution is 0.103. The number of carbonyl (C=O) groups excluding carboxylic acids is 1. The molecule has 0 fully saturated rings. The topological polar surface area (TPSA) is 59.7 Å². The molecule has 3 aromatic rings. The van der Waals surface area contributed by atoms with Crippen LogP contribution in [0.15, 0.2) is 53.1 Å². The van der Waals surface area contributed by atoms with Crippen LogP contribution >= 0.6 is 0 Å². The summed E-state index contributed by atoms with van der Waals surface area (Å²) in [6, 6.07) is 12.2. The number of fused-ring (bicyclic) bond motifs is 1. The SMILES string of the molecule is COc1ccc2occ(C(=O)c3ccc(CO)cc3)c2c1. The molecule has 0 saturated heterocycles. The van der Waals surface area contributed by atoms with Crippen molar-refractivity contribution in [1.82, 2.24) is 0 Å². The highest BCUT2D eigenvalue weighted by Gasteiger charge is 2.16. The molecular weight excluding hydrogens is 268 g/mol. The van der Waals surface area contributed by atoms with Crippen molar-refractivity contribution in [3.05, 3.63) is 65.4 Å². The summed E-state index contributed by atoms with van der Waals surface area (Å²) >= 11 is 0. The summed E-state index contributed by atoms with van der Waals surface area (Å²) in [4.78, 5) is 12.6. The van der Waals surface area contributed by atoms with Gasteiger partial charge in [0.05, 0.1) is 19.3 Å². The Morgan fingerprint density at radius 1 is 1.19 bits per heavy atom. The maximum Gasteiger partial charge on any atom is 0.196 e. The van der Waals surface area contributed by atoms with Crippen molar-refractivity contribution < 1.29 is 19.1 Å². The van der Waals surface area contributed by atoms with Crippen LogP contribution in [0.5, 0.6) is 5.75 Å². The summed E-state index contributed by atoms with van der Waals surface area (Å²) in [7, 11) is 1.58. The lowest BCUT2D eigenvalue weighted by Crippen LogP contribution is -2.00. The van der Waals surface area contributed by atoms with Gasteiger partial charge >= 0.3 is 0 Å². The number of ether oxygens (including phenoxy) is 1. The molecule has 1 aromatic heterocycles. The number of ketones is 1. The zero-order chi connectivity index (χ0) is 14.8. The van der Waals surface area contributed by atoms with Crippen molar-refractivity contribution in [3.63, 3.8) is 0 Å². The molecule has 0 unspecified atom stereocenters. The Labute approximate surface area is 121 Å². The number of hydrogen-bond donors (Lipinski definition) is 1. The van der Waals surface area contributed by atoms with Gasteiger partial charge in [0.2, 0.25) is 0 Å². The average Bonchev–Trinajstić information content (AvgIpc) is 2.97. The Kier molecular flexibility index (Phi) is 3.46. The first-order valence-corrected chi connectivity index (χ1v) is 6.52. The highest BCUT2D eigenvalue weighted by atomic mass is 16.5. The molecule has 0 aliphatic carbocycles. The number of aliphatic hydroxyl groups excluding tert-OH is 1. The van der Waals surface area contributed by atoms with Crippen LogP contribution in [0.1, 0.15) is 21.5 Å². The number of aliphatic hydroxyl groups is 1. The van der Waals surface area contributed by atoms with Crippen molar-refractivity contribution >= 4 is 16.8 Å². The Balaban J connectivity index is 2.04. The molecule has 0 saturated carbocycles. The van der Waals surface area contributed by atoms with E-state index in [9.17, 15) is 4.79 Å². The second kappa shape index (κ2) is 5.42. The number of furan rings is 1. The van der Waals surface area contributed by atoms with Crippen LogP contribution in [0, 0.1) is 0 Å². The minimum atomic E-state index is -0.119. The normalized spacial score (nSPS) is 10.8. The van der Waals surface area contributed by atoms with Gasteiger partial charge < -0.3 is 14.3 Å². The van der Waals surface area contributed by atoms with Gasteiger partial charge in [0.1, 0.15) is 17.6 Å². The molecule has 0 spiro atoms. The van der Waals surface area contributed by atoms with Crippen molar-refractivity contribution in [2.75, 3.05) is 7.11 Å². The molecule has 3 rings (SSSR count). The van der Waals surface area contributed by atoms with E-state index in [4.69, 9.17) is 14.3 Å². The van der Waals surface area contributed by atoms with Crippen molar-refractivity contribution in [2.45, 2.75) is 6.61 Å². The first-order chi connectivity index (χ1) is 10.2. The fourth-order valence-corrected chi connectivity index (χ4v) is 2.23. The molecule has 0 aliphatic rings. The van der Waals surface area contributed by atoms with E-state index < -0.39 is 0 Å². The lowest BCUT2D eigenvalue weighted by Gasteiger charge is -2.02. The van der Waals surface area contributed by atoms with Gasteiger partial charge in [-0.05, 0) is 23.8 Å². The second-order valence-electron chi connectivity index (χ2n) is 4.70. The van der Waals surface area contributed by atoms with E-state index >= 15 is 0 Å².